The van der Waals surface area contributed by atoms with Gasteiger partial charge < -0.3 is 40.2 Å². The van der Waals surface area contributed by atoms with Crippen LogP contribution in [0.5, 0.6) is 23.0 Å². The molecule has 13 heteroatoms. The number of rotatable bonds is 11. The van der Waals surface area contributed by atoms with E-state index in [1.807, 2.05) is 48.7 Å². The Kier molecular flexibility index (Phi) is 13.0. The van der Waals surface area contributed by atoms with Gasteiger partial charge in [-0.05, 0) is 156 Å². The van der Waals surface area contributed by atoms with E-state index in [-0.39, 0.29) is 58.9 Å². The van der Waals surface area contributed by atoms with Gasteiger partial charge in [-0.2, -0.15) is 5.26 Å². The predicted molar refractivity (Wildman–Crippen MR) is 260 cm³/mol. The van der Waals surface area contributed by atoms with E-state index in [4.69, 9.17) is 25.8 Å². The summed E-state index contributed by atoms with van der Waals surface area (Å²) in [6.45, 7) is 15.9. The first-order chi connectivity index (χ1) is 31.8. The molecule has 67 heavy (non-hydrogen) atoms. The molecule has 12 nitrogen and oxygen atoms in total. The van der Waals surface area contributed by atoms with Crippen LogP contribution in [-0.4, -0.2) is 96.3 Å². The molecule has 3 aromatic rings. The van der Waals surface area contributed by atoms with Crippen LogP contribution in [0.25, 0.3) is 5.57 Å². The van der Waals surface area contributed by atoms with Crippen LogP contribution in [0.4, 0.5) is 0 Å². The van der Waals surface area contributed by atoms with Gasteiger partial charge >= 0.3 is 0 Å². The summed E-state index contributed by atoms with van der Waals surface area (Å²) in [5.41, 5.74) is 1.86. The number of hydrogen-bond donors (Lipinski definition) is 4. The number of piperidine rings is 2. The lowest BCUT2D eigenvalue weighted by Gasteiger charge is -2.63. The molecular formula is C54H69ClN6O6. The summed E-state index contributed by atoms with van der Waals surface area (Å²) in [6.07, 6.45) is 11.5. The Morgan fingerprint density at radius 2 is 1.57 bits per heavy atom. The lowest BCUT2D eigenvalue weighted by molar-refractivity contribution is -0.174. The fraction of sp³-hybridized carbons (Fsp3) is 0.574. The molecule has 1 spiro atoms. The Hall–Kier alpha value is -4.64. The molecule has 5 fully saturated rings. The molecule has 4 unspecified atom stereocenters. The smallest absolute Gasteiger partial charge is 0.244 e. The molecule has 3 aromatic carbocycles. The zero-order valence-electron chi connectivity index (χ0n) is 40.3. The number of amides is 2. The molecular weight excluding hydrogens is 864 g/mol. The highest BCUT2D eigenvalue weighted by Crippen LogP contribution is 2.56. The Labute approximate surface area is 401 Å². The normalized spacial score (nSPS) is 28.1. The third-order valence-electron chi connectivity index (χ3n) is 16.4. The first kappa shape index (κ1) is 47.4. The van der Waals surface area contributed by atoms with Crippen molar-refractivity contribution in [1.82, 2.24) is 25.8 Å². The maximum absolute atomic E-state index is 13.7. The van der Waals surface area contributed by atoms with E-state index in [0.717, 1.165) is 80.7 Å². The second-order valence-electron chi connectivity index (χ2n) is 22.1. The Balaban J connectivity index is 0.726. The number of likely N-dealkylation sites (tertiary alicyclic amines) is 1. The van der Waals surface area contributed by atoms with Crippen LogP contribution < -0.4 is 30.2 Å². The van der Waals surface area contributed by atoms with Gasteiger partial charge in [0.25, 0.3) is 0 Å². The zero-order valence-corrected chi connectivity index (χ0v) is 41.0. The average molecular weight is 934 g/mol. The summed E-state index contributed by atoms with van der Waals surface area (Å²) in [5, 5.41) is 30.9. The zero-order chi connectivity index (χ0) is 47.5. The Morgan fingerprint density at radius 3 is 2.21 bits per heavy atom. The molecule has 0 radical (unpaired) electrons. The van der Waals surface area contributed by atoms with Crippen molar-refractivity contribution in [3.63, 3.8) is 0 Å². The molecule has 6 aliphatic rings. The number of fused-ring (bicyclic) bond motifs is 1. The van der Waals surface area contributed by atoms with Gasteiger partial charge in [0.2, 0.25) is 11.8 Å². The molecule has 0 bridgehead atoms. The Bertz CT molecular complexity index is 2380. The summed E-state index contributed by atoms with van der Waals surface area (Å²) in [4.78, 5) is 31.0. The first-order valence-electron chi connectivity index (χ1n) is 24.5. The van der Waals surface area contributed by atoms with Crippen molar-refractivity contribution in [3.05, 3.63) is 88.6 Å². The topological polar surface area (TPSA) is 148 Å². The number of likely N-dealkylation sites (N-methyl/N-ethyl adjacent to an activating group) is 1. The summed E-state index contributed by atoms with van der Waals surface area (Å²) in [7, 11) is 1.80. The van der Waals surface area contributed by atoms with Gasteiger partial charge in [-0.25, -0.2) is 0 Å². The molecule has 9 rings (SSSR count). The highest BCUT2D eigenvalue weighted by Gasteiger charge is 2.64. The molecule has 4 N–H and O–H groups in total. The van der Waals surface area contributed by atoms with Crippen LogP contribution in [-0.2, 0) is 15.2 Å². The number of hydrogen-bond acceptors (Lipinski definition) is 10. The molecule has 358 valence electrons. The van der Waals surface area contributed by atoms with Crippen LogP contribution in [0.3, 0.4) is 0 Å². The minimum absolute atomic E-state index is 0.0334. The second kappa shape index (κ2) is 18.4. The fourth-order valence-electron chi connectivity index (χ4n) is 12.7. The third kappa shape index (κ3) is 9.44. The number of ether oxygens (including phenoxy) is 3. The van der Waals surface area contributed by atoms with E-state index in [0.29, 0.717) is 39.3 Å². The maximum Gasteiger partial charge on any atom is 0.244 e. The lowest BCUT2D eigenvalue weighted by Crippen LogP contribution is -2.75. The van der Waals surface area contributed by atoms with Crippen molar-refractivity contribution in [2.45, 2.75) is 141 Å². The van der Waals surface area contributed by atoms with Crippen molar-refractivity contribution >= 4 is 29.0 Å². The van der Waals surface area contributed by atoms with Crippen LogP contribution >= 0.6 is 11.6 Å². The van der Waals surface area contributed by atoms with Gasteiger partial charge in [0, 0.05) is 60.3 Å². The number of carbonyl (C=O) groups is 2. The number of benzene rings is 3. The van der Waals surface area contributed by atoms with Crippen molar-refractivity contribution in [2.75, 3.05) is 33.2 Å². The van der Waals surface area contributed by atoms with Crippen LogP contribution in [0.15, 0.2) is 66.9 Å². The molecule has 2 saturated carbocycles. The number of nitrogens with zero attached hydrogens (tertiary/aromatic N) is 3. The highest BCUT2D eigenvalue weighted by molar-refractivity contribution is 6.31. The van der Waals surface area contributed by atoms with E-state index in [9.17, 15) is 20.0 Å². The molecule has 0 aromatic heterocycles. The second-order valence-corrected chi connectivity index (χ2v) is 22.5. The van der Waals surface area contributed by atoms with E-state index in [1.165, 1.54) is 25.7 Å². The number of aliphatic hydroxyl groups is 1. The van der Waals surface area contributed by atoms with Crippen LogP contribution in [0.1, 0.15) is 116 Å². The summed E-state index contributed by atoms with van der Waals surface area (Å²) in [6, 6.07) is 20.9. The molecule has 2 aliphatic carbocycles. The van der Waals surface area contributed by atoms with Crippen molar-refractivity contribution in [2.24, 2.45) is 22.2 Å². The lowest BCUT2D eigenvalue weighted by atomic mass is 9.49. The van der Waals surface area contributed by atoms with Gasteiger partial charge in [-0.3, -0.25) is 14.5 Å². The van der Waals surface area contributed by atoms with Crippen molar-refractivity contribution in [1.29, 1.82) is 5.26 Å². The summed E-state index contributed by atoms with van der Waals surface area (Å²) < 4.78 is 19.6. The highest BCUT2D eigenvalue weighted by atomic mass is 35.5. The largest absolute Gasteiger partial charge is 0.490 e. The quantitative estimate of drug-likeness (QED) is 0.148. The Morgan fingerprint density at radius 1 is 0.881 bits per heavy atom. The standard InChI is InChI=1S/C54H69ClN6O6/c1-51(2)49(52(3,4)50(51)67-39-11-8-33(30-56)43(55)29-39)59-47(62)44-16-10-35(31-58-44)61-26-23-54(24-27-61)21-18-38(19-22-54)65-36-12-14-37(15-13-36)66-45-17-9-34(53(5,6)64)28-41(45)42-32-60(7)48(63)46-40(42)20-25-57-46/h8-9,11-15,17,28-29,32,35,38,40,44,46,49-50,57-58,64H,10,16,18-27,31H2,1-7H3,(H,59,62). The monoisotopic (exact) mass is 932 g/mol. The van der Waals surface area contributed by atoms with Crippen LogP contribution in [0.2, 0.25) is 5.02 Å². The van der Waals surface area contributed by atoms with E-state index >= 15 is 0 Å². The van der Waals surface area contributed by atoms with Gasteiger partial charge in [0.1, 0.15) is 35.2 Å². The van der Waals surface area contributed by atoms with Gasteiger partial charge in [-0.1, -0.05) is 45.4 Å². The van der Waals surface area contributed by atoms with E-state index < -0.39 is 5.60 Å². The third-order valence-corrected chi connectivity index (χ3v) is 16.7. The molecule has 4 atom stereocenters. The average Bonchev–Trinajstić information content (AvgIpc) is 3.81. The van der Waals surface area contributed by atoms with Gasteiger partial charge in [0.15, 0.2) is 0 Å². The molecule has 4 aliphatic heterocycles. The van der Waals surface area contributed by atoms with E-state index in [1.54, 1.807) is 44.0 Å². The fourth-order valence-corrected chi connectivity index (χ4v) is 12.9. The number of nitrogens with one attached hydrogen (secondary N) is 3. The minimum Gasteiger partial charge on any atom is -0.490 e. The van der Waals surface area contributed by atoms with Crippen LogP contribution in [0, 0.1) is 33.5 Å². The molecule has 4 heterocycles. The number of carbonyl (C=O) groups excluding carboxylic acids is 2. The van der Waals surface area contributed by atoms with Gasteiger partial charge in [-0.15, -0.1) is 0 Å². The van der Waals surface area contributed by atoms with Crippen molar-refractivity contribution < 1.29 is 28.9 Å². The molecule has 3 saturated heterocycles. The first-order valence-corrected chi connectivity index (χ1v) is 24.9. The van der Waals surface area contributed by atoms with Crippen molar-refractivity contribution in [3.8, 4) is 29.1 Å². The summed E-state index contributed by atoms with van der Waals surface area (Å²) in [5.74, 6) is 3.02. The predicted octanol–water partition coefficient (Wildman–Crippen LogP) is 8.54. The maximum atomic E-state index is 13.7. The SMILES string of the molecule is CN1C=C(c2cc(C(C)(C)O)ccc2Oc2ccc(OC3CCC4(CC3)CCN(C3CCC(C(=O)NC5C(C)(C)C(Oc6ccc(C#N)c(Cl)c6)C5(C)C)NC3)CC4)cc2)C2CCNC2C1=O. The number of halogens is 1. The minimum atomic E-state index is -1.03. The molecule has 2 amide bonds. The number of nitriles is 1. The van der Waals surface area contributed by atoms with Gasteiger partial charge in [0.05, 0.1) is 34.4 Å². The summed E-state index contributed by atoms with van der Waals surface area (Å²) >= 11 is 6.29. The van der Waals surface area contributed by atoms with E-state index in [2.05, 4.69) is 54.6 Å².